The van der Waals surface area contributed by atoms with Crippen LogP contribution < -0.4 is 0 Å². The summed E-state index contributed by atoms with van der Waals surface area (Å²) < 4.78 is 4.66. The van der Waals surface area contributed by atoms with Crippen LogP contribution in [0.2, 0.25) is 5.15 Å². The number of aliphatic hydroxyl groups excluding tert-OH is 1. The lowest BCUT2D eigenvalue weighted by Gasteiger charge is -1.83. The van der Waals surface area contributed by atoms with Crippen LogP contribution in [0.1, 0.15) is 5.76 Å². The highest BCUT2D eigenvalue weighted by atomic mass is 35.5. The van der Waals surface area contributed by atoms with Crippen LogP contribution in [-0.4, -0.2) is 16.9 Å². The molecule has 50 valence electrons. The van der Waals surface area contributed by atoms with Gasteiger partial charge in [0.15, 0.2) is 5.15 Å². The molecule has 1 aromatic heterocycles. The fraction of sp³-hybridized carbons (Fsp3) is 0.400. The van der Waals surface area contributed by atoms with Gasteiger partial charge in [-0.1, -0.05) is 16.8 Å². The van der Waals surface area contributed by atoms with Crippen molar-refractivity contribution in [3.8, 4) is 0 Å². The van der Waals surface area contributed by atoms with Crippen molar-refractivity contribution in [2.75, 3.05) is 6.61 Å². The molecule has 0 aliphatic rings. The van der Waals surface area contributed by atoms with Gasteiger partial charge in [0, 0.05) is 12.5 Å². The minimum atomic E-state index is 0.0610. The van der Waals surface area contributed by atoms with E-state index in [1.54, 1.807) is 6.07 Å². The van der Waals surface area contributed by atoms with Gasteiger partial charge in [-0.05, 0) is 0 Å². The Morgan fingerprint density at radius 1 is 1.78 bits per heavy atom. The third-order valence-electron chi connectivity index (χ3n) is 0.888. The monoisotopic (exact) mass is 147 g/mol. The van der Waals surface area contributed by atoms with Crippen molar-refractivity contribution >= 4 is 11.6 Å². The van der Waals surface area contributed by atoms with E-state index >= 15 is 0 Å². The molecule has 0 saturated carbocycles. The van der Waals surface area contributed by atoms with Crippen molar-refractivity contribution in [3.05, 3.63) is 17.0 Å². The van der Waals surface area contributed by atoms with Gasteiger partial charge in [-0.3, -0.25) is 0 Å². The SMILES string of the molecule is OCCc1cc(Cl)no1. The molecule has 1 heterocycles. The Bertz CT molecular complexity index is 187. The Balaban J connectivity index is 2.61. The Kier molecular flexibility index (Phi) is 2.08. The summed E-state index contributed by atoms with van der Waals surface area (Å²) in [6, 6.07) is 1.58. The second-order valence-corrected chi connectivity index (χ2v) is 1.98. The lowest BCUT2D eigenvalue weighted by atomic mass is 10.3. The van der Waals surface area contributed by atoms with Gasteiger partial charge in [0.1, 0.15) is 5.76 Å². The molecule has 1 N–H and O–H groups in total. The number of nitrogens with zero attached hydrogens (tertiary/aromatic N) is 1. The Hall–Kier alpha value is -0.540. The topological polar surface area (TPSA) is 46.3 Å². The van der Waals surface area contributed by atoms with E-state index in [0.717, 1.165) is 0 Å². The summed E-state index contributed by atoms with van der Waals surface area (Å²) in [5, 5.41) is 12.1. The van der Waals surface area contributed by atoms with Crippen molar-refractivity contribution in [1.29, 1.82) is 0 Å². The predicted molar refractivity (Wildman–Crippen MR) is 32.3 cm³/mol. The van der Waals surface area contributed by atoms with Crippen molar-refractivity contribution in [1.82, 2.24) is 5.16 Å². The highest BCUT2D eigenvalue weighted by Gasteiger charge is 1.98. The van der Waals surface area contributed by atoms with E-state index in [0.29, 0.717) is 17.3 Å². The maximum Gasteiger partial charge on any atom is 0.172 e. The number of hydrogen-bond acceptors (Lipinski definition) is 3. The summed E-state index contributed by atoms with van der Waals surface area (Å²) in [5.74, 6) is 0.613. The Morgan fingerprint density at radius 3 is 3.00 bits per heavy atom. The highest BCUT2D eigenvalue weighted by molar-refractivity contribution is 6.29. The molecular formula is C5H6ClNO2. The normalized spacial score (nSPS) is 10.0. The quantitative estimate of drug-likeness (QED) is 0.675. The number of hydrogen-bond donors (Lipinski definition) is 1. The summed E-state index contributed by atoms with van der Waals surface area (Å²) in [6.45, 7) is 0.0610. The number of aromatic nitrogens is 1. The fourth-order valence-electron chi connectivity index (χ4n) is 0.516. The molecule has 0 amide bonds. The van der Waals surface area contributed by atoms with Gasteiger partial charge < -0.3 is 9.63 Å². The first-order valence-corrected chi connectivity index (χ1v) is 2.92. The Labute approximate surface area is 57.2 Å². The van der Waals surface area contributed by atoms with Crippen LogP contribution in [0, 0.1) is 0 Å². The summed E-state index contributed by atoms with van der Waals surface area (Å²) in [5.41, 5.74) is 0. The molecule has 0 unspecified atom stereocenters. The molecule has 1 aromatic rings. The minimum absolute atomic E-state index is 0.0610. The number of rotatable bonds is 2. The molecule has 0 fully saturated rings. The maximum absolute atomic E-state index is 8.40. The standard InChI is InChI=1S/C5H6ClNO2/c6-5-3-4(1-2-8)9-7-5/h3,8H,1-2H2. The molecule has 0 aliphatic carbocycles. The van der Waals surface area contributed by atoms with Gasteiger partial charge in [0.25, 0.3) is 0 Å². The second-order valence-electron chi connectivity index (χ2n) is 1.59. The lowest BCUT2D eigenvalue weighted by molar-refractivity contribution is 0.277. The van der Waals surface area contributed by atoms with Crippen molar-refractivity contribution < 1.29 is 9.63 Å². The third kappa shape index (κ3) is 1.69. The van der Waals surface area contributed by atoms with E-state index in [1.807, 2.05) is 0 Å². The Morgan fingerprint density at radius 2 is 2.56 bits per heavy atom. The molecule has 0 radical (unpaired) electrons. The van der Waals surface area contributed by atoms with E-state index in [4.69, 9.17) is 16.7 Å². The largest absolute Gasteiger partial charge is 0.396 e. The smallest absolute Gasteiger partial charge is 0.172 e. The zero-order chi connectivity index (χ0) is 6.69. The van der Waals surface area contributed by atoms with Crippen LogP contribution in [0.3, 0.4) is 0 Å². The molecule has 0 bridgehead atoms. The molecule has 0 aromatic carbocycles. The zero-order valence-electron chi connectivity index (χ0n) is 4.67. The average molecular weight is 148 g/mol. The molecular weight excluding hydrogens is 142 g/mol. The lowest BCUT2D eigenvalue weighted by Crippen LogP contribution is -1.85. The molecule has 1 rings (SSSR count). The highest BCUT2D eigenvalue weighted by Crippen LogP contribution is 2.08. The van der Waals surface area contributed by atoms with E-state index in [1.165, 1.54) is 0 Å². The van der Waals surface area contributed by atoms with E-state index < -0.39 is 0 Å². The minimum Gasteiger partial charge on any atom is -0.396 e. The molecule has 9 heavy (non-hydrogen) atoms. The molecule has 4 heteroatoms. The van der Waals surface area contributed by atoms with Crippen LogP contribution in [0.15, 0.2) is 10.6 Å². The van der Waals surface area contributed by atoms with Crippen molar-refractivity contribution in [2.45, 2.75) is 6.42 Å². The first kappa shape index (κ1) is 6.58. The van der Waals surface area contributed by atoms with Crippen molar-refractivity contribution in [3.63, 3.8) is 0 Å². The van der Waals surface area contributed by atoms with Crippen LogP contribution in [-0.2, 0) is 6.42 Å². The van der Waals surface area contributed by atoms with Gasteiger partial charge in [0.05, 0.1) is 6.61 Å². The predicted octanol–water partition coefficient (Wildman–Crippen LogP) is 0.863. The molecule has 0 atom stereocenters. The fourth-order valence-corrected chi connectivity index (χ4v) is 0.672. The van der Waals surface area contributed by atoms with Gasteiger partial charge in [0.2, 0.25) is 0 Å². The van der Waals surface area contributed by atoms with Crippen LogP contribution in [0.25, 0.3) is 0 Å². The summed E-state index contributed by atoms with van der Waals surface area (Å²) in [4.78, 5) is 0. The van der Waals surface area contributed by atoms with Crippen molar-refractivity contribution in [2.24, 2.45) is 0 Å². The second kappa shape index (κ2) is 2.85. The molecule has 3 nitrogen and oxygen atoms in total. The third-order valence-corrected chi connectivity index (χ3v) is 1.07. The average Bonchev–Trinajstić information content (AvgIpc) is 2.17. The number of halogens is 1. The first-order valence-electron chi connectivity index (χ1n) is 2.55. The summed E-state index contributed by atoms with van der Waals surface area (Å²) in [7, 11) is 0. The van der Waals surface area contributed by atoms with Gasteiger partial charge >= 0.3 is 0 Å². The first-order chi connectivity index (χ1) is 4.33. The summed E-state index contributed by atoms with van der Waals surface area (Å²) >= 11 is 5.41. The molecule has 0 aliphatic heterocycles. The molecule has 0 spiro atoms. The van der Waals surface area contributed by atoms with Crippen LogP contribution in [0.5, 0.6) is 0 Å². The van der Waals surface area contributed by atoms with E-state index in [2.05, 4.69) is 9.68 Å². The van der Waals surface area contributed by atoms with Gasteiger partial charge in [-0.15, -0.1) is 0 Å². The van der Waals surface area contributed by atoms with Crippen LogP contribution >= 0.6 is 11.6 Å². The maximum atomic E-state index is 8.40. The van der Waals surface area contributed by atoms with Gasteiger partial charge in [-0.25, -0.2) is 0 Å². The van der Waals surface area contributed by atoms with Crippen LogP contribution in [0.4, 0.5) is 0 Å². The molecule has 0 saturated heterocycles. The van der Waals surface area contributed by atoms with Gasteiger partial charge in [-0.2, -0.15) is 0 Å². The van der Waals surface area contributed by atoms with E-state index in [9.17, 15) is 0 Å². The summed E-state index contributed by atoms with van der Waals surface area (Å²) in [6.07, 6.45) is 0.472. The number of aliphatic hydroxyl groups is 1. The zero-order valence-corrected chi connectivity index (χ0v) is 5.43. The van der Waals surface area contributed by atoms with E-state index in [-0.39, 0.29) is 6.61 Å².